The largest absolute Gasteiger partial charge is 0.381 e. The van der Waals surface area contributed by atoms with E-state index >= 15 is 0 Å². The van der Waals surface area contributed by atoms with E-state index < -0.39 is 0 Å². The van der Waals surface area contributed by atoms with Gasteiger partial charge in [-0.15, -0.1) is 0 Å². The van der Waals surface area contributed by atoms with E-state index in [2.05, 4.69) is 38.5 Å². The van der Waals surface area contributed by atoms with Gasteiger partial charge in [0.2, 0.25) is 0 Å². The lowest BCUT2D eigenvalue weighted by Crippen LogP contribution is -2.15. The molecule has 1 aliphatic rings. The van der Waals surface area contributed by atoms with Crippen molar-refractivity contribution in [3.8, 4) is 0 Å². The minimum absolute atomic E-state index is 0.0489. The van der Waals surface area contributed by atoms with E-state index in [-0.39, 0.29) is 11.7 Å². The first kappa shape index (κ1) is 11.5. The number of hydrogen-bond donors (Lipinski definition) is 0. The fourth-order valence-electron chi connectivity index (χ4n) is 1.65. The van der Waals surface area contributed by atoms with Gasteiger partial charge in [0.15, 0.2) is 5.78 Å². The summed E-state index contributed by atoms with van der Waals surface area (Å²) in [6, 6.07) is 5.79. The SMILES string of the molecule is O=C(c1cc(Br)ccc1I)C1CCOC1. The van der Waals surface area contributed by atoms with Crippen molar-refractivity contribution in [3.05, 3.63) is 31.8 Å². The lowest BCUT2D eigenvalue weighted by molar-refractivity contribution is 0.0899. The molecule has 0 aromatic heterocycles. The van der Waals surface area contributed by atoms with Gasteiger partial charge >= 0.3 is 0 Å². The Morgan fingerprint density at radius 1 is 1.53 bits per heavy atom. The van der Waals surface area contributed by atoms with Gasteiger partial charge in [-0.2, -0.15) is 0 Å². The molecule has 1 aromatic carbocycles. The molecule has 0 saturated carbocycles. The number of Topliss-reactive ketones (excluding diaryl/α,β-unsaturated/α-hetero) is 1. The molecule has 1 fully saturated rings. The summed E-state index contributed by atoms with van der Waals surface area (Å²) in [5.41, 5.74) is 0.806. The lowest BCUT2D eigenvalue weighted by Gasteiger charge is -2.08. The summed E-state index contributed by atoms with van der Waals surface area (Å²) < 4.78 is 7.19. The predicted octanol–water partition coefficient (Wildman–Crippen LogP) is 3.27. The second kappa shape index (κ2) is 4.93. The maximum absolute atomic E-state index is 12.1. The normalized spacial score (nSPS) is 20.5. The van der Waals surface area contributed by atoms with Gasteiger partial charge in [-0.25, -0.2) is 0 Å². The van der Waals surface area contributed by atoms with Gasteiger partial charge in [-0.1, -0.05) is 15.9 Å². The Bertz CT molecular complexity index is 386. The van der Waals surface area contributed by atoms with Crippen molar-refractivity contribution >= 4 is 44.3 Å². The molecule has 4 heteroatoms. The molecule has 2 nitrogen and oxygen atoms in total. The van der Waals surface area contributed by atoms with Gasteiger partial charge in [0.1, 0.15) is 0 Å². The molecule has 15 heavy (non-hydrogen) atoms. The smallest absolute Gasteiger partial charge is 0.169 e. The third-order valence-corrected chi connectivity index (χ3v) is 3.93. The highest BCUT2D eigenvalue weighted by atomic mass is 127. The Morgan fingerprint density at radius 3 is 3.00 bits per heavy atom. The molecule has 0 radical (unpaired) electrons. The van der Waals surface area contributed by atoms with Crippen LogP contribution in [0, 0.1) is 9.49 Å². The van der Waals surface area contributed by atoms with Gasteiger partial charge in [-0.3, -0.25) is 4.79 Å². The standard InChI is InChI=1S/C11H10BrIO2/c12-8-1-2-10(13)9(5-8)11(14)7-3-4-15-6-7/h1-2,5,7H,3-4,6H2. The first-order valence-corrected chi connectivity index (χ1v) is 6.62. The number of rotatable bonds is 2. The minimum Gasteiger partial charge on any atom is -0.381 e. The molecule has 0 aliphatic carbocycles. The third kappa shape index (κ3) is 2.60. The van der Waals surface area contributed by atoms with Gasteiger partial charge in [0.25, 0.3) is 0 Å². The zero-order valence-electron chi connectivity index (χ0n) is 8.00. The van der Waals surface area contributed by atoms with Gasteiger partial charge in [0, 0.05) is 26.1 Å². The highest BCUT2D eigenvalue weighted by molar-refractivity contribution is 14.1. The molecular formula is C11H10BrIO2. The summed E-state index contributed by atoms with van der Waals surface area (Å²) in [6.07, 6.45) is 0.849. The van der Waals surface area contributed by atoms with Crippen LogP contribution in [-0.2, 0) is 4.74 Å². The van der Waals surface area contributed by atoms with E-state index in [0.29, 0.717) is 13.2 Å². The molecule has 1 aliphatic heterocycles. The molecule has 1 saturated heterocycles. The number of carbonyl (C=O) groups excluding carboxylic acids is 1. The summed E-state index contributed by atoms with van der Waals surface area (Å²) in [6.45, 7) is 1.28. The summed E-state index contributed by atoms with van der Waals surface area (Å²) in [7, 11) is 0. The van der Waals surface area contributed by atoms with Crippen molar-refractivity contribution in [2.75, 3.05) is 13.2 Å². The van der Waals surface area contributed by atoms with Crippen LogP contribution in [0.15, 0.2) is 22.7 Å². The second-order valence-electron chi connectivity index (χ2n) is 3.55. The Balaban J connectivity index is 2.27. The van der Waals surface area contributed by atoms with Crippen LogP contribution < -0.4 is 0 Å². The molecular weight excluding hydrogens is 371 g/mol. The molecule has 0 spiro atoms. The zero-order valence-corrected chi connectivity index (χ0v) is 11.7. The molecule has 0 amide bonds. The van der Waals surface area contributed by atoms with Crippen LogP contribution in [0.25, 0.3) is 0 Å². The maximum atomic E-state index is 12.1. The highest BCUT2D eigenvalue weighted by Gasteiger charge is 2.25. The lowest BCUT2D eigenvalue weighted by atomic mass is 9.97. The Labute approximate surface area is 111 Å². The van der Waals surface area contributed by atoms with Crippen molar-refractivity contribution in [3.63, 3.8) is 0 Å². The summed E-state index contributed by atoms with van der Waals surface area (Å²) >= 11 is 5.58. The predicted molar refractivity (Wildman–Crippen MR) is 70.1 cm³/mol. The third-order valence-electron chi connectivity index (χ3n) is 2.49. The number of carbonyl (C=O) groups is 1. The van der Waals surface area contributed by atoms with Crippen LogP contribution in [0.1, 0.15) is 16.8 Å². The Kier molecular flexibility index (Phi) is 3.79. The maximum Gasteiger partial charge on any atom is 0.169 e. The fourth-order valence-corrected chi connectivity index (χ4v) is 2.61. The van der Waals surface area contributed by atoms with Crippen molar-refractivity contribution < 1.29 is 9.53 Å². The van der Waals surface area contributed by atoms with Crippen LogP contribution in [0.2, 0.25) is 0 Å². The van der Waals surface area contributed by atoms with Gasteiger partial charge in [-0.05, 0) is 47.2 Å². The quantitative estimate of drug-likeness (QED) is 0.581. The monoisotopic (exact) mass is 380 g/mol. The first-order valence-electron chi connectivity index (χ1n) is 4.75. The number of hydrogen-bond acceptors (Lipinski definition) is 2. The topological polar surface area (TPSA) is 26.3 Å². The van der Waals surface area contributed by atoms with E-state index in [9.17, 15) is 4.79 Å². The number of ketones is 1. The molecule has 0 bridgehead atoms. The summed E-state index contributed by atoms with van der Waals surface area (Å²) in [4.78, 5) is 12.1. The van der Waals surface area contributed by atoms with E-state index in [1.807, 2.05) is 18.2 Å². The van der Waals surface area contributed by atoms with Crippen molar-refractivity contribution in [1.29, 1.82) is 0 Å². The summed E-state index contributed by atoms with van der Waals surface area (Å²) in [5.74, 6) is 0.256. The summed E-state index contributed by atoms with van der Waals surface area (Å²) in [5, 5.41) is 0. The molecule has 2 rings (SSSR count). The fraction of sp³-hybridized carbons (Fsp3) is 0.364. The van der Waals surface area contributed by atoms with Crippen LogP contribution >= 0.6 is 38.5 Å². The van der Waals surface area contributed by atoms with Crippen molar-refractivity contribution in [2.24, 2.45) is 5.92 Å². The van der Waals surface area contributed by atoms with Crippen molar-refractivity contribution in [1.82, 2.24) is 0 Å². The zero-order chi connectivity index (χ0) is 10.8. The van der Waals surface area contributed by atoms with Crippen LogP contribution in [-0.4, -0.2) is 19.0 Å². The first-order chi connectivity index (χ1) is 7.18. The average Bonchev–Trinajstić information content (AvgIpc) is 2.74. The number of benzene rings is 1. The van der Waals surface area contributed by atoms with Crippen LogP contribution in [0.3, 0.4) is 0 Å². The number of ether oxygens (including phenoxy) is 1. The van der Waals surface area contributed by atoms with Crippen molar-refractivity contribution in [2.45, 2.75) is 6.42 Å². The van der Waals surface area contributed by atoms with Crippen LogP contribution in [0.4, 0.5) is 0 Å². The van der Waals surface area contributed by atoms with Gasteiger partial charge in [0.05, 0.1) is 6.61 Å². The Morgan fingerprint density at radius 2 is 2.33 bits per heavy atom. The molecule has 1 unspecified atom stereocenters. The van der Waals surface area contributed by atoms with E-state index in [1.165, 1.54) is 0 Å². The molecule has 1 heterocycles. The van der Waals surface area contributed by atoms with Crippen LogP contribution in [0.5, 0.6) is 0 Å². The van der Waals surface area contributed by atoms with E-state index in [0.717, 1.165) is 20.0 Å². The van der Waals surface area contributed by atoms with E-state index in [4.69, 9.17) is 4.74 Å². The van der Waals surface area contributed by atoms with Gasteiger partial charge < -0.3 is 4.74 Å². The molecule has 80 valence electrons. The number of halogens is 2. The average molecular weight is 381 g/mol. The Hall–Kier alpha value is 0.0600. The highest BCUT2D eigenvalue weighted by Crippen LogP contribution is 2.24. The second-order valence-corrected chi connectivity index (χ2v) is 5.63. The molecule has 0 N–H and O–H groups in total. The minimum atomic E-state index is 0.0489. The molecule has 1 atom stereocenters. The van der Waals surface area contributed by atoms with E-state index in [1.54, 1.807) is 0 Å². The molecule has 1 aromatic rings.